The normalized spacial score (nSPS) is 11.8. The highest BCUT2D eigenvalue weighted by Gasteiger charge is 2.23. The van der Waals surface area contributed by atoms with Gasteiger partial charge in [-0.2, -0.15) is 0 Å². The molecular weight excluding hydrogens is 441 g/mol. The lowest BCUT2D eigenvalue weighted by Gasteiger charge is -2.17. The molecule has 0 aliphatic carbocycles. The molecule has 1 N–H and O–H groups in total. The van der Waals surface area contributed by atoms with Gasteiger partial charge in [0, 0.05) is 15.6 Å². The predicted octanol–water partition coefficient (Wildman–Crippen LogP) is 3.96. The lowest BCUT2D eigenvalue weighted by Crippen LogP contribution is -2.43. The number of carbonyl (C=O) groups excluding carboxylic acids is 2. The third-order valence-corrected chi connectivity index (χ3v) is 4.90. The number of halogens is 1. The quantitative estimate of drug-likeness (QED) is 0.465. The minimum absolute atomic E-state index is 0.289. The highest BCUT2D eigenvalue weighted by atomic mass is 127. The van der Waals surface area contributed by atoms with Gasteiger partial charge >= 0.3 is 5.97 Å². The van der Waals surface area contributed by atoms with Crippen LogP contribution in [0.15, 0.2) is 66.7 Å². The standard InChI is InChI=1S/C21H18INO3/c1-26-21(25)19(13-14-9-11-16(22)12-10-14)23-20(24)18-8-4-6-15-5-2-3-7-17(15)18/h2-12,19H,13H2,1H3,(H,23,24)/t19-/m1/s1. The number of hydrogen-bond donors (Lipinski definition) is 1. The molecule has 26 heavy (non-hydrogen) atoms. The van der Waals surface area contributed by atoms with E-state index in [2.05, 4.69) is 27.9 Å². The van der Waals surface area contributed by atoms with Crippen LogP contribution in [0.1, 0.15) is 15.9 Å². The number of methoxy groups -OCH3 is 1. The Kier molecular flexibility index (Phi) is 5.88. The zero-order valence-corrected chi connectivity index (χ0v) is 16.4. The first-order valence-corrected chi connectivity index (χ1v) is 9.27. The Balaban J connectivity index is 1.85. The SMILES string of the molecule is COC(=O)[C@@H](Cc1ccc(I)cc1)NC(=O)c1cccc2ccccc12. The Labute approximate surface area is 165 Å². The van der Waals surface area contributed by atoms with Crippen molar-refractivity contribution in [3.05, 3.63) is 81.4 Å². The summed E-state index contributed by atoms with van der Waals surface area (Å²) in [5.41, 5.74) is 1.50. The zero-order valence-electron chi connectivity index (χ0n) is 14.2. The van der Waals surface area contributed by atoms with E-state index in [1.54, 1.807) is 6.07 Å². The third kappa shape index (κ3) is 4.22. The maximum absolute atomic E-state index is 12.8. The van der Waals surface area contributed by atoms with Crippen LogP contribution in [0.2, 0.25) is 0 Å². The van der Waals surface area contributed by atoms with Gasteiger partial charge in [-0.1, -0.05) is 48.5 Å². The monoisotopic (exact) mass is 459 g/mol. The predicted molar refractivity (Wildman–Crippen MR) is 110 cm³/mol. The molecule has 0 bridgehead atoms. The van der Waals surface area contributed by atoms with Gasteiger partial charge in [-0.3, -0.25) is 4.79 Å². The summed E-state index contributed by atoms with van der Waals surface area (Å²) in [6, 6.07) is 20.3. The van der Waals surface area contributed by atoms with E-state index in [0.29, 0.717) is 12.0 Å². The molecule has 132 valence electrons. The van der Waals surface area contributed by atoms with Gasteiger partial charge in [0.1, 0.15) is 6.04 Å². The minimum Gasteiger partial charge on any atom is -0.467 e. The van der Waals surface area contributed by atoms with Gasteiger partial charge in [0.25, 0.3) is 5.91 Å². The van der Waals surface area contributed by atoms with Gasteiger partial charge in [0.05, 0.1) is 7.11 Å². The zero-order chi connectivity index (χ0) is 18.5. The first-order valence-electron chi connectivity index (χ1n) is 8.19. The third-order valence-electron chi connectivity index (χ3n) is 4.18. The lowest BCUT2D eigenvalue weighted by atomic mass is 10.0. The molecule has 0 radical (unpaired) electrons. The Morgan fingerprint density at radius 3 is 2.42 bits per heavy atom. The Morgan fingerprint density at radius 2 is 1.69 bits per heavy atom. The molecule has 1 amide bonds. The first-order chi connectivity index (χ1) is 12.6. The molecule has 0 heterocycles. The highest BCUT2D eigenvalue weighted by molar-refractivity contribution is 14.1. The summed E-state index contributed by atoms with van der Waals surface area (Å²) in [5.74, 6) is -0.750. The van der Waals surface area contributed by atoms with Crippen molar-refractivity contribution in [3.63, 3.8) is 0 Å². The van der Waals surface area contributed by atoms with Crippen molar-refractivity contribution in [1.82, 2.24) is 5.32 Å². The summed E-state index contributed by atoms with van der Waals surface area (Å²) in [6.07, 6.45) is 0.375. The van der Waals surface area contributed by atoms with Crippen molar-refractivity contribution >= 4 is 45.2 Å². The fraction of sp³-hybridized carbons (Fsp3) is 0.143. The number of fused-ring (bicyclic) bond motifs is 1. The van der Waals surface area contributed by atoms with E-state index in [1.807, 2.05) is 60.7 Å². The van der Waals surface area contributed by atoms with Crippen molar-refractivity contribution in [1.29, 1.82) is 0 Å². The summed E-state index contributed by atoms with van der Waals surface area (Å²) in [6.45, 7) is 0. The number of benzene rings is 3. The van der Waals surface area contributed by atoms with Crippen LogP contribution in [-0.2, 0) is 16.0 Å². The molecule has 0 unspecified atom stereocenters. The summed E-state index contributed by atoms with van der Waals surface area (Å²) >= 11 is 2.23. The highest BCUT2D eigenvalue weighted by Crippen LogP contribution is 2.19. The van der Waals surface area contributed by atoms with E-state index in [9.17, 15) is 9.59 Å². The largest absolute Gasteiger partial charge is 0.467 e. The van der Waals surface area contributed by atoms with Gasteiger partial charge in [0.2, 0.25) is 0 Å². The molecule has 3 rings (SSSR count). The van der Waals surface area contributed by atoms with E-state index >= 15 is 0 Å². The van der Waals surface area contributed by atoms with E-state index in [-0.39, 0.29) is 5.91 Å². The molecule has 0 fully saturated rings. The summed E-state index contributed by atoms with van der Waals surface area (Å²) in [7, 11) is 1.33. The number of esters is 1. The number of amides is 1. The smallest absolute Gasteiger partial charge is 0.328 e. The second kappa shape index (κ2) is 8.31. The number of carbonyl (C=O) groups is 2. The van der Waals surface area contributed by atoms with Gasteiger partial charge in [-0.25, -0.2) is 4.79 Å². The fourth-order valence-corrected chi connectivity index (χ4v) is 3.21. The Bertz CT molecular complexity index is 932. The number of hydrogen-bond acceptors (Lipinski definition) is 3. The molecule has 3 aromatic carbocycles. The molecule has 0 saturated heterocycles. The maximum Gasteiger partial charge on any atom is 0.328 e. The fourth-order valence-electron chi connectivity index (χ4n) is 2.85. The van der Waals surface area contributed by atoms with Crippen molar-refractivity contribution in [3.8, 4) is 0 Å². The van der Waals surface area contributed by atoms with Crippen molar-refractivity contribution in [2.45, 2.75) is 12.5 Å². The molecule has 0 aromatic heterocycles. The molecule has 0 saturated carbocycles. The number of rotatable bonds is 5. The lowest BCUT2D eigenvalue weighted by molar-refractivity contribution is -0.142. The van der Waals surface area contributed by atoms with Crippen LogP contribution >= 0.6 is 22.6 Å². The van der Waals surface area contributed by atoms with Crippen LogP contribution in [0, 0.1) is 3.57 Å². The number of ether oxygens (including phenoxy) is 1. The van der Waals surface area contributed by atoms with Crippen LogP contribution in [0.3, 0.4) is 0 Å². The van der Waals surface area contributed by atoms with E-state index in [1.165, 1.54) is 7.11 Å². The summed E-state index contributed by atoms with van der Waals surface area (Å²) in [5, 5.41) is 4.66. The molecule has 0 spiro atoms. The molecule has 5 heteroatoms. The van der Waals surface area contributed by atoms with E-state index < -0.39 is 12.0 Å². The maximum atomic E-state index is 12.8. The Hall–Kier alpha value is -2.41. The minimum atomic E-state index is -0.744. The second-order valence-electron chi connectivity index (χ2n) is 5.91. The van der Waals surface area contributed by atoms with Crippen LogP contribution < -0.4 is 5.32 Å². The van der Waals surface area contributed by atoms with Crippen molar-refractivity contribution < 1.29 is 14.3 Å². The topological polar surface area (TPSA) is 55.4 Å². The van der Waals surface area contributed by atoms with Crippen LogP contribution in [0.5, 0.6) is 0 Å². The van der Waals surface area contributed by atoms with Gasteiger partial charge < -0.3 is 10.1 Å². The van der Waals surface area contributed by atoms with Crippen molar-refractivity contribution in [2.75, 3.05) is 7.11 Å². The summed E-state index contributed by atoms with van der Waals surface area (Å²) in [4.78, 5) is 25.0. The average molecular weight is 459 g/mol. The molecule has 4 nitrogen and oxygen atoms in total. The molecular formula is C21H18INO3. The van der Waals surface area contributed by atoms with Gasteiger partial charge in [-0.15, -0.1) is 0 Å². The van der Waals surface area contributed by atoms with Crippen LogP contribution in [-0.4, -0.2) is 25.0 Å². The van der Waals surface area contributed by atoms with Gasteiger partial charge in [0.15, 0.2) is 0 Å². The second-order valence-corrected chi connectivity index (χ2v) is 7.15. The Morgan fingerprint density at radius 1 is 1.00 bits per heavy atom. The molecule has 3 aromatic rings. The summed E-state index contributed by atoms with van der Waals surface area (Å²) < 4.78 is 5.99. The molecule has 0 aliphatic rings. The van der Waals surface area contributed by atoms with Crippen molar-refractivity contribution in [2.24, 2.45) is 0 Å². The average Bonchev–Trinajstić information content (AvgIpc) is 2.68. The van der Waals surface area contributed by atoms with Crippen LogP contribution in [0.4, 0.5) is 0 Å². The molecule has 1 atom stereocenters. The van der Waals surface area contributed by atoms with Gasteiger partial charge in [-0.05, 0) is 57.1 Å². The molecule has 0 aliphatic heterocycles. The number of nitrogens with one attached hydrogen (secondary N) is 1. The van der Waals surface area contributed by atoms with Crippen LogP contribution in [0.25, 0.3) is 10.8 Å². The van der Waals surface area contributed by atoms with E-state index in [4.69, 9.17) is 4.74 Å². The first kappa shape index (κ1) is 18.4. The van der Waals surface area contributed by atoms with E-state index in [0.717, 1.165) is 19.9 Å².